The van der Waals surface area contributed by atoms with Crippen LogP contribution in [0.25, 0.3) is 11.1 Å². The minimum absolute atomic E-state index is 0.0991. The standard InChI is InChI=1S/C31H32F4O3/c1-3-5-18-37-26-16-14-24(28(32)30(26)34)21-8-6-20(7-9-21)19-38-27-17-15-25(29(33)31(27)35)22-10-12-23(13-11-22)36-4-2/h3,10-17,20-21H,1,4-9,18-19H2,2H3. The molecule has 1 saturated carbocycles. The molecule has 1 aliphatic rings. The summed E-state index contributed by atoms with van der Waals surface area (Å²) in [6.45, 7) is 6.42. The molecular weight excluding hydrogens is 496 g/mol. The van der Waals surface area contributed by atoms with Gasteiger partial charge in [-0.1, -0.05) is 24.3 Å². The maximum atomic E-state index is 14.8. The van der Waals surface area contributed by atoms with Gasteiger partial charge >= 0.3 is 0 Å². The van der Waals surface area contributed by atoms with Crippen molar-refractivity contribution >= 4 is 0 Å². The highest BCUT2D eigenvalue weighted by Crippen LogP contribution is 2.39. The molecule has 202 valence electrons. The fourth-order valence-electron chi connectivity index (χ4n) is 4.84. The van der Waals surface area contributed by atoms with Crippen LogP contribution in [0.5, 0.6) is 17.2 Å². The van der Waals surface area contributed by atoms with Crippen molar-refractivity contribution in [1.29, 1.82) is 0 Å². The number of ether oxygens (including phenoxy) is 3. The summed E-state index contributed by atoms with van der Waals surface area (Å²) in [5, 5.41) is 0. The van der Waals surface area contributed by atoms with Gasteiger partial charge in [0.25, 0.3) is 0 Å². The molecule has 0 unspecified atom stereocenters. The number of hydrogen-bond acceptors (Lipinski definition) is 3. The SMILES string of the molecule is C=CCCOc1ccc(C2CCC(COc3ccc(-c4ccc(OCC)cc4)c(F)c3F)CC2)c(F)c1F. The Morgan fingerprint density at radius 3 is 2.11 bits per heavy atom. The Hall–Kier alpha value is -3.48. The Kier molecular flexibility index (Phi) is 9.32. The van der Waals surface area contributed by atoms with Gasteiger partial charge in [-0.05, 0) is 92.3 Å². The van der Waals surface area contributed by atoms with Gasteiger partial charge in [-0.15, -0.1) is 6.58 Å². The molecule has 0 saturated heterocycles. The van der Waals surface area contributed by atoms with E-state index in [0.29, 0.717) is 55.6 Å². The van der Waals surface area contributed by atoms with Gasteiger partial charge in [0.05, 0.1) is 19.8 Å². The highest BCUT2D eigenvalue weighted by molar-refractivity contribution is 5.66. The molecule has 3 aromatic rings. The normalized spacial score (nSPS) is 17.2. The maximum absolute atomic E-state index is 14.8. The quantitative estimate of drug-likeness (QED) is 0.142. The Bertz CT molecular complexity index is 1230. The smallest absolute Gasteiger partial charge is 0.201 e. The molecule has 3 nitrogen and oxygen atoms in total. The molecule has 0 aromatic heterocycles. The Morgan fingerprint density at radius 1 is 0.763 bits per heavy atom. The van der Waals surface area contributed by atoms with E-state index in [0.717, 1.165) is 0 Å². The van der Waals surface area contributed by atoms with Crippen LogP contribution in [0.15, 0.2) is 61.2 Å². The lowest BCUT2D eigenvalue weighted by Crippen LogP contribution is -2.20. The third kappa shape index (κ3) is 6.32. The highest BCUT2D eigenvalue weighted by atomic mass is 19.2. The monoisotopic (exact) mass is 528 g/mol. The molecule has 0 amide bonds. The highest BCUT2D eigenvalue weighted by Gasteiger charge is 2.27. The van der Waals surface area contributed by atoms with Crippen LogP contribution in [0.4, 0.5) is 17.6 Å². The first-order valence-corrected chi connectivity index (χ1v) is 13.0. The van der Waals surface area contributed by atoms with Crippen molar-refractivity contribution in [3.8, 4) is 28.4 Å². The van der Waals surface area contributed by atoms with Gasteiger partial charge in [-0.3, -0.25) is 0 Å². The van der Waals surface area contributed by atoms with Crippen LogP contribution in [0, 0.1) is 29.2 Å². The lowest BCUT2D eigenvalue weighted by atomic mass is 9.79. The van der Waals surface area contributed by atoms with Crippen LogP contribution >= 0.6 is 0 Å². The number of halogens is 4. The van der Waals surface area contributed by atoms with E-state index >= 15 is 0 Å². The second-order valence-electron chi connectivity index (χ2n) is 9.43. The molecule has 0 atom stereocenters. The van der Waals surface area contributed by atoms with Crippen molar-refractivity contribution < 1.29 is 31.8 Å². The van der Waals surface area contributed by atoms with Crippen LogP contribution in [-0.2, 0) is 0 Å². The second kappa shape index (κ2) is 12.9. The van der Waals surface area contributed by atoms with E-state index in [1.807, 2.05) is 6.92 Å². The van der Waals surface area contributed by atoms with E-state index in [1.54, 1.807) is 36.4 Å². The molecule has 0 heterocycles. The number of hydrogen-bond donors (Lipinski definition) is 0. The number of benzene rings is 3. The van der Waals surface area contributed by atoms with E-state index in [9.17, 15) is 17.6 Å². The minimum atomic E-state index is -1.03. The van der Waals surface area contributed by atoms with Crippen molar-refractivity contribution in [3.63, 3.8) is 0 Å². The maximum Gasteiger partial charge on any atom is 0.201 e. The molecule has 1 aliphatic carbocycles. The first-order chi connectivity index (χ1) is 18.4. The average Bonchev–Trinajstić information content (AvgIpc) is 2.93. The summed E-state index contributed by atoms with van der Waals surface area (Å²) in [6.07, 6.45) is 4.89. The summed E-state index contributed by atoms with van der Waals surface area (Å²) in [7, 11) is 0. The van der Waals surface area contributed by atoms with Crippen molar-refractivity contribution in [2.45, 2.75) is 44.9 Å². The molecule has 0 N–H and O–H groups in total. The van der Waals surface area contributed by atoms with Crippen LogP contribution < -0.4 is 14.2 Å². The van der Waals surface area contributed by atoms with Crippen LogP contribution in [-0.4, -0.2) is 19.8 Å². The first-order valence-electron chi connectivity index (χ1n) is 13.0. The van der Waals surface area contributed by atoms with Crippen molar-refractivity contribution in [2.24, 2.45) is 5.92 Å². The lowest BCUT2D eigenvalue weighted by molar-refractivity contribution is 0.191. The molecule has 4 rings (SSSR count). The largest absolute Gasteiger partial charge is 0.494 e. The van der Waals surface area contributed by atoms with Crippen molar-refractivity contribution in [2.75, 3.05) is 19.8 Å². The average molecular weight is 529 g/mol. The van der Waals surface area contributed by atoms with Crippen LogP contribution in [0.1, 0.15) is 50.5 Å². The predicted octanol–water partition coefficient (Wildman–Crippen LogP) is 8.62. The van der Waals surface area contributed by atoms with Crippen LogP contribution in [0.3, 0.4) is 0 Å². The minimum Gasteiger partial charge on any atom is -0.494 e. The zero-order valence-corrected chi connectivity index (χ0v) is 21.5. The van der Waals surface area contributed by atoms with Crippen molar-refractivity contribution in [1.82, 2.24) is 0 Å². The Labute approximate surface area is 221 Å². The van der Waals surface area contributed by atoms with Gasteiger partial charge in [-0.2, -0.15) is 8.78 Å². The summed E-state index contributed by atoms with van der Waals surface area (Å²) in [5.41, 5.74) is 1.02. The molecule has 7 heteroatoms. The summed E-state index contributed by atoms with van der Waals surface area (Å²) in [4.78, 5) is 0. The van der Waals surface area contributed by atoms with Crippen molar-refractivity contribution in [3.05, 3.63) is 90.0 Å². The van der Waals surface area contributed by atoms with Gasteiger partial charge in [-0.25, -0.2) is 8.78 Å². The lowest BCUT2D eigenvalue weighted by Gasteiger charge is -2.29. The molecule has 0 bridgehead atoms. The molecule has 0 aliphatic heterocycles. The zero-order valence-electron chi connectivity index (χ0n) is 21.5. The first kappa shape index (κ1) is 27.6. The third-order valence-electron chi connectivity index (χ3n) is 6.94. The van der Waals surface area contributed by atoms with E-state index in [-0.39, 0.29) is 42.1 Å². The van der Waals surface area contributed by atoms with E-state index in [4.69, 9.17) is 14.2 Å². The fraction of sp³-hybridized carbons (Fsp3) is 0.355. The van der Waals surface area contributed by atoms with Gasteiger partial charge in [0.1, 0.15) is 5.75 Å². The van der Waals surface area contributed by atoms with Gasteiger partial charge in [0.15, 0.2) is 23.1 Å². The van der Waals surface area contributed by atoms with E-state index in [2.05, 4.69) is 6.58 Å². The summed E-state index contributed by atoms with van der Waals surface area (Å²) >= 11 is 0. The molecule has 1 fully saturated rings. The Morgan fingerprint density at radius 2 is 1.42 bits per heavy atom. The van der Waals surface area contributed by atoms with E-state index < -0.39 is 23.3 Å². The van der Waals surface area contributed by atoms with Crippen LogP contribution in [0.2, 0.25) is 0 Å². The number of rotatable bonds is 11. The predicted molar refractivity (Wildman–Crippen MR) is 140 cm³/mol. The van der Waals surface area contributed by atoms with Gasteiger partial charge in [0, 0.05) is 5.56 Å². The zero-order chi connectivity index (χ0) is 27.1. The fourth-order valence-corrected chi connectivity index (χ4v) is 4.84. The summed E-state index contributed by atoms with van der Waals surface area (Å²) in [5.74, 6) is -3.43. The molecule has 0 radical (unpaired) electrons. The third-order valence-corrected chi connectivity index (χ3v) is 6.94. The molecular formula is C31H32F4O3. The van der Waals surface area contributed by atoms with Gasteiger partial charge in [0.2, 0.25) is 11.6 Å². The second-order valence-corrected chi connectivity index (χ2v) is 9.43. The molecule has 38 heavy (non-hydrogen) atoms. The molecule has 0 spiro atoms. The Balaban J connectivity index is 1.33. The molecule has 3 aromatic carbocycles. The summed E-state index contributed by atoms with van der Waals surface area (Å²) in [6, 6.07) is 12.8. The summed E-state index contributed by atoms with van der Waals surface area (Å²) < 4.78 is 75.1. The topological polar surface area (TPSA) is 27.7 Å². The van der Waals surface area contributed by atoms with E-state index in [1.165, 1.54) is 18.2 Å². The van der Waals surface area contributed by atoms with Gasteiger partial charge < -0.3 is 14.2 Å².